The summed E-state index contributed by atoms with van der Waals surface area (Å²) in [5.74, 6) is 4.20. The summed E-state index contributed by atoms with van der Waals surface area (Å²) in [4.78, 5) is 12.2. The SMILES string of the molecule is CC[C@@H](/C=C/[C@@H](C)[C@H]1CC[C@H]2[C@@H]3CC=C4C[C@H](O)CC(OC(C)=O)[C@@]4(C(Br)Br)[C@H]3CC[C@]12C)C(C)C. The Balaban J connectivity index is 1.63. The van der Waals surface area contributed by atoms with Crippen molar-refractivity contribution < 1.29 is 14.6 Å². The highest BCUT2D eigenvalue weighted by atomic mass is 79.9. The second kappa shape index (κ2) is 11.2. The number of aliphatic hydroxyl groups is 1. The van der Waals surface area contributed by atoms with Gasteiger partial charge in [-0.2, -0.15) is 0 Å². The Morgan fingerprint density at radius 1 is 1.19 bits per heavy atom. The number of ether oxygens (including phenoxy) is 1. The molecule has 3 saturated carbocycles. The normalized spacial score (nSPS) is 42.0. The van der Waals surface area contributed by atoms with Crippen molar-refractivity contribution in [3.05, 3.63) is 23.8 Å². The van der Waals surface area contributed by atoms with Crippen molar-refractivity contribution >= 4 is 37.8 Å². The maximum Gasteiger partial charge on any atom is 0.302 e. The molecule has 0 spiro atoms. The number of hydrogen-bond donors (Lipinski definition) is 1. The van der Waals surface area contributed by atoms with Crippen LogP contribution in [0.15, 0.2) is 23.8 Å². The number of carbonyl (C=O) groups excluding carboxylic acids is 1. The Morgan fingerprint density at radius 2 is 1.92 bits per heavy atom. The van der Waals surface area contributed by atoms with E-state index in [2.05, 4.69) is 84.7 Å². The van der Waals surface area contributed by atoms with Crippen LogP contribution in [0.2, 0.25) is 0 Å². The standard InChI is InChI=1S/C31H48Br2O3/c1-7-21(18(2)3)9-8-19(4)25-12-13-26-24-11-10-22-16-23(35)17-28(36-20(5)34)31(22,29(32)33)27(24)14-15-30(25,26)6/h8-10,18-19,21,23-29,35H,7,11-17H2,1-6H3/b9-8+/t19-,21+,23+,24+,25-,26+,27+,28?,30-,31+/m1/s1. The number of carbonyl (C=O) groups is 1. The quantitative estimate of drug-likeness (QED) is 0.175. The minimum absolute atomic E-state index is 0.0128. The molecule has 4 aliphatic rings. The van der Waals surface area contributed by atoms with Crippen LogP contribution < -0.4 is 0 Å². The maximum absolute atomic E-state index is 12.2. The van der Waals surface area contributed by atoms with Gasteiger partial charge in [0.15, 0.2) is 0 Å². The van der Waals surface area contributed by atoms with Gasteiger partial charge in [-0.15, -0.1) is 0 Å². The van der Waals surface area contributed by atoms with E-state index in [-0.39, 0.29) is 21.2 Å². The molecule has 0 aromatic heterocycles. The molecule has 0 saturated heterocycles. The van der Waals surface area contributed by atoms with E-state index in [1.54, 1.807) is 0 Å². The lowest BCUT2D eigenvalue weighted by Crippen LogP contribution is -2.60. The topological polar surface area (TPSA) is 46.5 Å². The van der Waals surface area contributed by atoms with Gasteiger partial charge in [-0.25, -0.2) is 0 Å². The predicted molar refractivity (Wildman–Crippen MR) is 155 cm³/mol. The molecule has 0 radical (unpaired) electrons. The number of halogens is 2. The van der Waals surface area contributed by atoms with Crippen molar-refractivity contribution in [2.24, 2.45) is 52.3 Å². The highest BCUT2D eigenvalue weighted by Gasteiger charge is 2.65. The third-order valence-corrected chi connectivity index (χ3v) is 12.6. The molecule has 1 unspecified atom stereocenters. The molecule has 0 heterocycles. The van der Waals surface area contributed by atoms with Crippen LogP contribution in [0.4, 0.5) is 0 Å². The zero-order chi connectivity index (χ0) is 26.4. The first-order valence-electron chi connectivity index (χ1n) is 14.5. The van der Waals surface area contributed by atoms with Crippen LogP contribution >= 0.6 is 31.9 Å². The van der Waals surface area contributed by atoms with E-state index < -0.39 is 6.10 Å². The molecule has 3 nitrogen and oxygen atoms in total. The highest BCUT2D eigenvalue weighted by Crippen LogP contribution is 2.69. The lowest BCUT2D eigenvalue weighted by atomic mass is 9.46. The first-order chi connectivity index (χ1) is 17.0. The largest absolute Gasteiger partial charge is 0.461 e. The van der Waals surface area contributed by atoms with Gasteiger partial charge in [0.1, 0.15) is 6.10 Å². The average molecular weight is 629 g/mol. The molecule has 36 heavy (non-hydrogen) atoms. The van der Waals surface area contributed by atoms with E-state index in [0.717, 1.165) is 18.8 Å². The molecule has 4 rings (SSSR count). The molecule has 5 heteroatoms. The summed E-state index contributed by atoms with van der Waals surface area (Å²) in [6.45, 7) is 13.5. The second-order valence-corrected chi connectivity index (χ2v) is 16.1. The minimum atomic E-state index is -0.445. The Hall–Kier alpha value is -0.130. The Labute approximate surface area is 236 Å². The molecule has 0 amide bonds. The average Bonchev–Trinajstić information content (AvgIpc) is 3.15. The van der Waals surface area contributed by atoms with E-state index in [4.69, 9.17) is 4.74 Å². The molecule has 3 fully saturated rings. The Bertz CT molecular complexity index is 866. The predicted octanol–water partition coefficient (Wildman–Crippen LogP) is 8.44. The number of esters is 1. The minimum Gasteiger partial charge on any atom is -0.461 e. The summed E-state index contributed by atoms with van der Waals surface area (Å²) in [7, 11) is 0. The summed E-state index contributed by atoms with van der Waals surface area (Å²) in [6.07, 6.45) is 15.3. The summed E-state index contributed by atoms with van der Waals surface area (Å²) in [5, 5.41) is 10.7. The molecule has 204 valence electrons. The van der Waals surface area contributed by atoms with Gasteiger partial charge in [0.2, 0.25) is 0 Å². The van der Waals surface area contributed by atoms with Crippen LogP contribution in [0.25, 0.3) is 0 Å². The highest BCUT2D eigenvalue weighted by molar-refractivity contribution is 9.24. The van der Waals surface area contributed by atoms with Gasteiger partial charge < -0.3 is 9.84 Å². The fourth-order valence-corrected chi connectivity index (χ4v) is 11.2. The van der Waals surface area contributed by atoms with Crippen LogP contribution in [0, 0.1) is 52.3 Å². The number of rotatable bonds is 7. The van der Waals surface area contributed by atoms with Crippen LogP contribution in [0.1, 0.15) is 92.9 Å². The van der Waals surface area contributed by atoms with Crippen molar-refractivity contribution in [2.45, 2.75) is 109 Å². The van der Waals surface area contributed by atoms with Crippen LogP contribution in [-0.4, -0.2) is 27.0 Å². The van der Waals surface area contributed by atoms with Crippen molar-refractivity contribution in [2.75, 3.05) is 0 Å². The number of aliphatic hydroxyl groups excluding tert-OH is 1. The number of hydrogen-bond acceptors (Lipinski definition) is 3. The van der Waals surface area contributed by atoms with Gasteiger partial charge in [0.25, 0.3) is 0 Å². The van der Waals surface area contributed by atoms with Crippen molar-refractivity contribution in [3.8, 4) is 0 Å². The van der Waals surface area contributed by atoms with E-state index in [1.807, 2.05) is 0 Å². The first kappa shape index (κ1) is 28.9. The molecule has 0 aromatic rings. The van der Waals surface area contributed by atoms with Gasteiger partial charge in [-0.3, -0.25) is 4.79 Å². The number of fused-ring (bicyclic) bond motifs is 5. The van der Waals surface area contributed by atoms with E-state index >= 15 is 0 Å². The zero-order valence-corrected chi connectivity index (χ0v) is 26.4. The van der Waals surface area contributed by atoms with Crippen LogP contribution in [0.3, 0.4) is 0 Å². The molecular formula is C31H48Br2O3. The monoisotopic (exact) mass is 626 g/mol. The van der Waals surface area contributed by atoms with Gasteiger partial charge in [0, 0.05) is 13.3 Å². The first-order valence-corrected chi connectivity index (χ1v) is 16.3. The van der Waals surface area contributed by atoms with Crippen molar-refractivity contribution in [1.29, 1.82) is 0 Å². The summed E-state index contributed by atoms with van der Waals surface area (Å²) >= 11 is 7.90. The fourth-order valence-electron chi connectivity index (χ4n) is 9.36. The Kier molecular flexibility index (Phi) is 8.95. The summed E-state index contributed by atoms with van der Waals surface area (Å²) in [6, 6.07) is 0. The summed E-state index contributed by atoms with van der Waals surface area (Å²) in [5.41, 5.74) is 1.36. The van der Waals surface area contributed by atoms with Crippen LogP contribution in [0.5, 0.6) is 0 Å². The van der Waals surface area contributed by atoms with Crippen molar-refractivity contribution in [1.82, 2.24) is 0 Å². The molecular weight excluding hydrogens is 580 g/mol. The molecule has 0 bridgehead atoms. The summed E-state index contributed by atoms with van der Waals surface area (Å²) < 4.78 is 6.03. The lowest BCUT2D eigenvalue weighted by Gasteiger charge is -2.61. The third-order valence-electron chi connectivity index (χ3n) is 11.1. The molecule has 0 aromatic carbocycles. The lowest BCUT2D eigenvalue weighted by molar-refractivity contribution is -0.166. The van der Waals surface area contributed by atoms with Crippen LogP contribution in [-0.2, 0) is 9.53 Å². The smallest absolute Gasteiger partial charge is 0.302 e. The number of alkyl halides is 2. The third kappa shape index (κ3) is 4.85. The van der Waals surface area contributed by atoms with Gasteiger partial charge >= 0.3 is 5.97 Å². The molecule has 4 aliphatic carbocycles. The van der Waals surface area contributed by atoms with Gasteiger partial charge in [0.05, 0.1) is 15.3 Å². The van der Waals surface area contributed by atoms with E-state index in [1.165, 1.54) is 38.2 Å². The molecule has 0 aliphatic heterocycles. The van der Waals surface area contributed by atoms with E-state index in [9.17, 15) is 9.90 Å². The zero-order valence-electron chi connectivity index (χ0n) is 23.2. The van der Waals surface area contributed by atoms with Crippen molar-refractivity contribution in [3.63, 3.8) is 0 Å². The number of allylic oxidation sites excluding steroid dienone is 3. The Morgan fingerprint density at radius 3 is 2.53 bits per heavy atom. The molecule has 1 N–H and O–H groups in total. The van der Waals surface area contributed by atoms with E-state index in [0.29, 0.717) is 53.8 Å². The maximum atomic E-state index is 12.2. The fraction of sp³-hybridized carbons (Fsp3) is 0.839. The van der Waals surface area contributed by atoms with Gasteiger partial charge in [-0.05, 0) is 91.8 Å². The second-order valence-electron chi connectivity index (χ2n) is 13.1. The molecule has 10 atom stereocenters. The van der Waals surface area contributed by atoms with Gasteiger partial charge in [-0.1, -0.05) is 90.3 Å².